The van der Waals surface area contributed by atoms with Crippen molar-refractivity contribution in [3.8, 4) is 0 Å². The number of pyridine rings is 1. The number of hydrogen-bond acceptors (Lipinski definition) is 3. The fraction of sp³-hybridized carbons (Fsp3) is 0.667. The summed E-state index contributed by atoms with van der Waals surface area (Å²) in [5.74, 6) is 0.713. The maximum Gasteiger partial charge on any atom is 0.0615 e. The molecule has 3 nitrogen and oxygen atoms in total. The molecule has 0 unspecified atom stereocenters. The van der Waals surface area contributed by atoms with E-state index >= 15 is 0 Å². The third-order valence-corrected chi connectivity index (χ3v) is 4.28. The van der Waals surface area contributed by atoms with Crippen molar-refractivity contribution in [1.82, 2.24) is 9.88 Å². The molecule has 1 fully saturated rings. The van der Waals surface area contributed by atoms with Crippen LogP contribution >= 0.6 is 0 Å². The molecule has 0 amide bonds. The summed E-state index contributed by atoms with van der Waals surface area (Å²) in [5, 5.41) is 9.78. The average Bonchev–Trinajstić information content (AvgIpc) is 2.72. The van der Waals surface area contributed by atoms with Crippen LogP contribution < -0.4 is 0 Å². The Balaban J connectivity index is 2.09. The van der Waals surface area contributed by atoms with Gasteiger partial charge in [0, 0.05) is 17.8 Å². The van der Waals surface area contributed by atoms with Gasteiger partial charge in [0.15, 0.2) is 0 Å². The molecule has 2 rings (SSSR count). The number of likely N-dealkylation sites (N-methyl/N-ethyl adjacent to an activating group) is 1. The highest BCUT2D eigenvalue weighted by Gasteiger charge is 2.40. The first-order chi connectivity index (χ1) is 8.55. The second kappa shape index (κ2) is 5.37. The Kier molecular flexibility index (Phi) is 4.03. The zero-order chi connectivity index (χ0) is 13.2. The van der Waals surface area contributed by atoms with E-state index in [1.165, 1.54) is 6.42 Å². The molecule has 1 aliphatic carbocycles. The van der Waals surface area contributed by atoms with Crippen LogP contribution in [0.25, 0.3) is 0 Å². The van der Waals surface area contributed by atoms with E-state index in [0.717, 1.165) is 30.8 Å². The minimum absolute atomic E-state index is 0.0369. The second-order valence-corrected chi connectivity index (χ2v) is 5.86. The first kappa shape index (κ1) is 13.5. The van der Waals surface area contributed by atoms with Gasteiger partial charge in [-0.15, -0.1) is 0 Å². The van der Waals surface area contributed by atoms with Gasteiger partial charge in [0.2, 0.25) is 0 Å². The van der Waals surface area contributed by atoms with Crippen molar-refractivity contribution in [2.45, 2.75) is 45.2 Å². The smallest absolute Gasteiger partial charge is 0.0615 e. The van der Waals surface area contributed by atoms with E-state index in [1.54, 1.807) is 0 Å². The molecule has 0 radical (unpaired) electrons. The molecule has 0 aliphatic heterocycles. The van der Waals surface area contributed by atoms with Gasteiger partial charge in [-0.2, -0.15) is 0 Å². The first-order valence-corrected chi connectivity index (χ1v) is 6.80. The summed E-state index contributed by atoms with van der Waals surface area (Å²) in [4.78, 5) is 6.84. The van der Waals surface area contributed by atoms with E-state index in [4.69, 9.17) is 0 Å². The molecule has 1 heterocycles. The molecule has 1 aromatic heterocycles. The number of aliphatic hydroxyl groups excluding tert-OH is 1. The predicted octanol–water partition coefficient (Wildman–Crippen LogP) is 2.37. The van der Waals surface area contributed by atoms with Crippen LogP contribution in [0.4, 0.5) is 0 Å². The SMILES string of the molecule is Cc1cccc(CN(C)[C@]2(CO)CC[C@@H](C)C2)n1. The lowest BCUT2D eigenvalue weighted by molar-refractivity contribution is 0.0448. The molecule has 100 valence electrons. The van der Waals surface area contributed by atoms with E-state index in [2.05, 4.69) is 29.9 Å². The molecule has 2 atom stereocenters. The molecule has 0 aromatic carbocycles. The van der Waals surface area contributed by atoms with Gasteiger partial charge in [-0.3, -0.25) is 9.88 Å². The predicted molar refractivity (Wildman–Crippen MR) is 73.3 cm³/mol. The van der Waals surface area contributed by atoms with Crippen LogP contribution in [0, 0.1) is 12.8 Å². The zero-order valence-corrected chi connectivity index (χ0v) is 11.7. The van der Waals surface area contributed by atoms with E-state index in [-0.39, 0.29) is 12.1 Å². The largest absolute Gasteiger partial charge is 0.394 e. The standard InChI is InChI=1S/C15H24N2O/c1-12-7-8-15(9-12,11-18)17(3)10-14-6-4-5-13(2)16-14/h4-6,12,18H,7-11H2,1-3H3/t12-,15-/m1/s1. The summed E-state index contributed by atoms with van der Waals surface area (Å²) < 4.78 is 0. The summed E-state index contributed by atoms with van der Waals surface area (Å²) in [7, 11) is 2.11. The van der Waals surface area contributed by atoms with E-state index in [1.807, 2.05) is 19.1 Å². The summed E-state index contributed by atoms with van der Waals surface area (Å²) in [6, 6.07) is 6.13. The van der Waals surface area contributed by atoms with E-state index in [9.17, 15) is 5.11 Å². The van der Waals surface area contributed by atoms with Crippen LogP contribution in [-0.2, 0) is 6.54 Å². The van der Waals surface area contributed by atoms with Gasteiger partial charge in [-0.05, 0) is 51.3 Å². The number of nitrogens with zero attached hydrogens (tertiary/aromatic N) is 2. The van der Waals surface area contributed by atoms with Crippen molar-refractivity contribution < 1.29 is 5.11 Å². The Morgan fingerprint density at radius 2 is 2.28 bits per heavy atom. The maximum absolute atomic E-state index is 9.78. The van der Waals surface area contributed by atoms with Crippen molar-refractivity contribution >= 4 is 0 Å². The van der Waals surface area contributed by atoms with Gasteiger partial charge < -0.3 is 5.11 Å². The van der Waals surface area contributed by atoms with E-state index in [0.29, 0.717) is 5.92 Å². The number of aliphatic hydroxyl groups is 1. The van der Waals surface area contributed by atoms with Crippen LogP contribution in [0.1, 0.15) is 37.6 Å². The molecule has 18 heavy (non-hydrogen) atoms. The van der Waals surface area contributed by atoms with Gasteiger partial charge in [0.05, 0.1) is 12.3 Å². The third-order valence-electron chi connectivity index (χ3n) is 4.28. The van der Waals surface area contributed by atoms with Gasteiger partial charge in [0.25, 0.3) is 0 Å². The molecule has 1 saturated carbocycles. The second-order valence-electron chi connectivity index (χ2n) is 5.86. The first-order valence-electron chi connectivity index (χ1n) is 6.80. The normalized spacial score (nSPS) is 27.9. The molecule has 1 N–H and O–H groups in total. The van der Waals surface area contributed by atoms with Gasteiger partial charge in [-0.1, -0.05) is 13.0 Å². The molecule has 0 saturated heterocycles. The van der Waals surface area contributed by atoms with Gasteiger partial charge in [0.1, 0.15) is 0 Å². The van der Waals surface area contributed by atoms with E-state index < -0.39 is 0 Å². The Morgan fingerprint density at radius 1 is 1.50 bits per heavy atom. The highest BCUT2D eigenvalue weighted by atomic mass is 16.3. The molecular formula is C15H24N2O. The quantitative estimate of drug-likeness (QED) is 0.888. The Labute approximate surface area is 110 Å². The number of hydrogen-bond donors (Lipinski definition) is 1. The Hall–Kier alpha value is -0.930. The van der Waals surface area contributed by atoms with Crippen LogP contribution in [0.3, 0.4) is 0 Å². The summed E-state index contributed by atoms with van der Waals surface area (Å²) in [6.07, 6.45) is 3.39. The Morgan fingerprint density at radius 3 is 2.83 bits per heavy atom. The Bertz CT molecular complexity index is 407. The number of rotatable bonds is 4. The number of aromatic nitrogens is 1. The lowest BCUT2D eigenvalue weighted by Gasteiger charge is -2.37. The molecular weight excluding hydrogens is 224 g/mol. The molecule has 1 aromatic rings. The highest BCUT2D eigenvalue weighted by Crippen LogP contribution is 2.38. The minimum Gasteiger partial charge on any atom is -0.394 e. The van der Waals surface area contributed by atoms with Crippen LogP contribution in [0.2, 0.25) is 0 Å². The minimum atomic E-state index is -0.0369. The van der Waals surface area contributed by atoms with Crippen LogP contribution in [-0.4, -0.2) is 34.2 Å². The van der Waals surface area contributed by atoms with Crippen LogP contribution in [0.5, 0.6) is 0 Å². The number of aryl methyl sites for hydroxylation is 1. The van der Waals surface area contributed by atoms with Crippen molar-refractivity contribution in [3.05, 3.63) is 29.6 Å². The monoisotopic (exact) mass is 248 g/mol. The highest BCUT2D eigenvalue weighted by molar-refractivity contribution is 5.10. The lowest BCUT2D eigenvalue weighted by atomic mass is 9.95. The third kappa shape index (κ3) is 2.73. The van der Waals surface area contributed by atoms with Crippen molar-refractivity contribution in [1.29, 1.82) is 0 Å². The zero-order valence-electron chi connectivity index (χ0n) is 11.7. The summed E-state index contributed by atoms with van der Waals surface area (Å²) >= 11 is 0. The van der Waals surface area contributed by atoms with Crippen molar-refractivity contribution in [2.75, 3.05) is 13.7 Å². The van der Waals surface area contributed by atoms with Gasteiger partial charge >= 0.3 is 0 Å². The summed E-state index contributed by atoms with van der Waals surface area (Å²) in [6.45, 7) is 5.35. The average molecular weight is 248 g/mol. The summed E-state index contributed by atoms with van der Waals surface area (Å²) in [5.41, 5.74) is 2.11. The topological polar surface area (TPSA) is 36.4 Å². The van der Waals surface area contributed by atoms with Crippen molar-refractivity contribution in [3.63, 3.8) is 0 Å². The lowest BCUT2D eigenvalue weighted by Crippen LogP contribution is -2.47. The molecule has 1 aliphatic rings. The molecule has 0 bridgehead atoms. The molecule has 3 heteroatoms. The van der Waals surface area contributed by atoms with Crippen LogP contribution in [0.15, 0.2) is 18.2 Å². The van der Waals surface area contributed by atoms with Gasteiger partial charge in [-0.25, -0.2) is 0 Å². The van der Waals surface area contributed by atoms with Crippen molar-refractivity contribution in [2.24, 2.45) is 5.92 Å². The molecule has 0 spiro atoms. The fourth-order valence-electron chi connectivity index (χ4n) is 3.08. The maximum atomic E-state index is 9.78. The fourth-order valence-corrected chi connectivity index (χ4v) is 3.08.